The maximum atomic E-state index is 11.7. The van der Waals surface area contributed by atoms with Gasteiger partial charge in [0.2, 0.25) is 11.5 Å². The molecule has 1 aromatic carbocycles. The van der Waals surface area contributed by atoms with E-state index >= 15 is 0 Å². The summed E-state index contributed by atoms with van der Waals surface area (Å²) in [5.74, 6) is 0.356. The first-order valence-corrected chi connectivity index (χ1v) is 6.75. The van der Waals surface area contributed by atoms with Crippen LogP contribution in [-0.2, 0) is 0 Å². The van der Waals surface area contributed by atoms with E-state index in [2.05, 4.69) is 25.7 Å². The van der Waals surface area contributed by atoms with Crippen molar-refractivity contribution in [3.05, 3.63) is 40.4 Å². The number of H-pyrrole nitrogens is 1. The largest absolute Gasteiger partial charge is 0.494 e. The van der Waals surface area contributed by atoms with Gasteiger partial charge in [0.15, 0.2) is 0 Å². The maximum Gasteiger partial charge on any atom is 0.438 e. The van der Waals surface area contributed by atoms with E-state index in [4.69, 9.17) is 4.74 Å². The van der Waals surface area contributed by atoms with E-state index in [-0.39, 0.29) is 16.8 Å². The minimum atomic E-state index is -0.696. The lowest BCUT2D eigenvalue weighted by atomic mass is 10.2. The highest BCUT2D eigenvalue weighted by atomic mass is 79.9. The summed E-state index contributed by atoms with van der Waals surface area (Å²) < 4.78 is 11.3. The van der Waals surface area contributed by atoms with Crippen LogP contribution in [0.3, 0.4) is 0 Å². The van der Waals surface area contributed by atoms with E-state index in [1.54, 1.807) is 24.3 Å². The molecule has 2 rings (SSSR count). The number of Topliss-reactive ketones (excluding diaryl/α,β-unsaturated/α-hetero) is 1. The van der Waals surface area contributed by atoms with Crippen LogP contribution in [0.4, 0.5) is 0 Å². The highest BCUT2D eigenvalue weighted by molar-refractivity contribution is 9.09. The smallest absolute Gasteiger partial charge is 0.438 e. The third-order valence-corrected chi connectivity index (χ3v) is 2.95. The highest BCUT2D eigenvalue weighted by Gasteiger charge is 2.29. The Bertz CT molecular complexity index is 630. The van der Waals surface area contributed by atoms with Gasteiger partial charge in [-0.15, -0.1) is 0 Å². The van der Waals surface area contributed by atoms with Crippen LogP contribution in [0.25, 0.3) is 5.69 Å². The highest BCUT2D eigenvalue weighted by Crippen LogP contribution is 2.11. The number of alkyl halides is 1. The Morgan fingerprint density at radius 3 is 2.68 bits per heavy atom. The Morgan fingerprint density at radius 1 is 1.42 bits per heavy atom. The zero-order valence-corrected chi connectivity index (χ0v) is 11.8. The summed E-state index contributed by atoms with van der Waals surface area (Å²) in [4.78, 5) is 23.2. The molecule has 6 nitrogen and oxygen atoms in total. The number of benzene rings is 1. The minimum absolute atomic E-state index is 0.0483. The molecule has 2 aromatic rings. The average molecular weight is 328 g/mol. The van der Waals surface area contributed by atoms with Gasteiger partial charge >= 0.3 is 11.3 Å². The number of aromatic amines is 1. The number of carbonyl (C=O) groups excluding carboxylic acids is 1. The molecule has 0 bridgehead atoms. The van der Waals surface area contributed by atoms with Crippen LogP contribution in [0, 0.1) is 0 Å². The summed E-state index contributed by atoms with van der Waals surface area (Å²) in [5.41, 5.74) is -0.141. The minimum Gasteiger partial charge on any atom is -0.494 e. The second kappa shape index (κ2) is 5.83. The SMILES string of the molecule is CCOc1ccc(-[n+]2[nH]oc(=O)c2C(=O)CBr)cc1. The van der Waals surface area contributed by atoms with Crippen molar-refractivity contribution in [3.8, 4) is 11.4 Å². The van der Waals surface area contributed by atoms with E-state index in [9.17, 15) is 9.59 Å². The molecule has 0 spiro atoms. The fraction of sp³-hybridized carbons (Fsp3) is 0.250. The van der Waals surface area contributed by atoms with Crippen LogP contribution in [0.2, 0.25) is 0 Å². The Hall–Kier alpha value is -1.89. The molecule has 0 fully saturated rings. The van der Waals surface area contributed by atoms with E-state index in [1.165, 1.54) is 4.68 Å². The van der Waals surface area contributed by atoms with Gasteiger partial charge in [0, 0.05) is 12.1 Å². The van der Waals surface area contributed by atoms with Gasteiger partial charge in [0.1, 0.15) is 5.75 Å². The van der Waals surface area contributed by atoms with Crippen LogP contribution in [0.15, 0.2) is 33.6 Å². The summed E-state index contributed by atoms with van der Waals surface area (Å²) in [6.45, 7) is 2.46. The molecule has 0 aliphatic heterocycles. The number of ketones is 1. The number of rotatable bonds is 5. The molecule has 0 amide bonds. The van der Waals surface area contributed by atoms with Crippen molar-refractivity contribution in [2.24, 2.45) is 0 Å². The second-order valence-electron chi connectivity index (χ2n) is 3.65. The monoisotopic (exact) mass is 327 g/mol. The van der Waals surface area contributed by atoms with Gasteiger partial charge < -0.3 is 4.74 Å². The lowest BCUT2D eigenvalue weighted by Crippen LogP contribution is -2.41. The molecule has 1 aromatic heterocycles. The fourth-order valence-electron chi connectivity index (χ4n) is 1.61. The molecule has 19 heavy (non-hydrogen) atoms. The Labute approximate surface area is 117 Å². The standard InChI is InChI=1S/C12H11BrN2O4/c1-2-18-9-5-3-8(4-6-9)15-11(10(16)7-13)12(17)19-14-15/h3-6H,2,7H2,1H3/p+1. The molecular weight excluding hydrogens is 316 g/mol. The Kier molecular flexibility index (Phi) is 4.16. The third kappa shape index (κ3) is 2.76. The Balaban J connectivity index is 2.42. The molecule has 7 heteroatoms. The Morgan fingerprint density at radius 2 is 2.11 bits per heavy atom. The molecule has 100 valence electrons. The first-order valence-electron chi connectivity index (χ1n) is 5.63. The van der Waals surface area contributed by atoms with Crippen molar-refractivity contribution >= 4 is 21.7 Å². The topological polar surface area (TPSA) is 76.2 Å². The summed E-state index contributed by atoms with van der Waals surface area (Å²) in [7, 11) is 0. The predicted octanol–water partition coefficient (Wildman–Crippen LogP) is 1.22. The summed E-state index contributed by atoms with van der Waals surface area (Å²) in [6, 6.07) is 6.95. The average Bonchev–Trinajstić information content (AvgIpc) is 2.81. The van der Waals surface area contributed by atoms with E-state index in [0.29, 0.717) is 18.0 Å². The van der Waals surface area contributed by atoms with Gasteiger partial charge in [0.25, 0.3) is 0 Å². The van der Waals surface area contributed by atoms with Crippen molar-refractivity contribution in [2.45, 2.75) is 6.92 Å². The number of hydrogen-bond donors (Lipinski definition) is 1. The molecule has 0 aliphatic rings. The van der Waals surface area contributed by atoms with Crippen molar-refractivity contribution in [1.29, 1.82) is 0 Å². The predicted molar refractivity (Wildman–Crippen MR) is 70.2 cm³/mol. The maximum absolute atomic E-state index is 11.7. The van der Waals surface area contributed by atoms with E-state index in [0.717, 1.165) is 0 Å². The molecule has 0 unspecified atom stereocenters. The number of nitrogens with zero attached hydrogens (tertiary/aromatic N) is 1. The van der Waals surface area contributed by atoms with E-state index < -0.39 is 5.63 Å². The number of aromatic nitrogens is 2. The third-order valence-electron chi connectivity index (χ3n) is 2.44. The first-order chi connectivity index (χ1) is 9.17. The molecule has 0 atom stereocenters. The number of halogens is 1. The first kappa shape index (κ1) is 13.5. The van der Waals surface area contributed by atoms with Gasteiger partial charge in [-0.05, 0) is 29.0 Å². The molecule has 0 saturated carbocycles. The van der Waals surface area contributed by atoms with Gasteiger partial charge in [0.05, 0.1) is 11.9 Å². The van der Waals surface area contributed by atoms with Gasteiger partial charge in [-0.25, -0.2) is 4.79 Å². The summed E-state index contributed by atoms with van der Waals surface area (Å²) in [5, 5.41) is 2.45. The second-order valence-corrected chi connectivity index (χ2v) is 4.21. The van der Waals surface area contributed by atoms with Crippen LogP contribution in [0.1, 0.15) is 17.4 Å². The van der Waals surface area contributed by atoms with Crippen LogP contribution < -0.4 is 15.0 Å². The van der Waals surface area contributed by atoms with Gasteiger partial charge in [-0.1, -0.05) is 15.9 Å². The van der Waals surface area contributed by atoms with Crippen LogP contribution in [-0.4, -0.2) is 23.0 Å². The lowest BCUT2D eigenvalue weighted by molar-refractivity contribution is -0.672. The van der Waals surface area contributed by atoms with Crippen LogP contribution >= 0.6 is 15.9 Å². The number of carbonyl (C=O) groups is 1. The molecule has 0 aliphatic carbocycles. The quantitative estimate of drug-likeness (QED) is 0.509. The lowest BCUT2D eigenvalue weighted by Gasteiger charge is -2.00. The summed E-state index contributed by atoms with van der Waals surface area (Å²) in [6.07, 6.45) is 0. The van der Waals surface area contributed by atoms with Crippen molar-refractivity contribution in [2.75, 3.05) is 11.9 Å². The molecule has 1 N–H and O–H groups in total. The van der Waals surface area contributed by atoms with Crippen molar-refractivity contribution < 1.29 is 18.7 Å². The molecular formula is C12H12BrN2O4+. The normalized spacial score (nSPS) is 10.4. The van der Waals surface area contributed by atoms with Gasteiger partial charge in [-0.2, -0.15) is 0 Å². The van der Waals surface area contributed by atoms with Crippen molar-refractivity contribution in [1.82, 2.24) is 5.27 Å². The molecule has 1 heterocycles. The number of nitrogens with one attached hydrogen (secondary N) is 1. The summed E-state index contributed by atoms with van der Waals surface area (Å²) >= 11 is 3.03. The van der Waals surface area contributed by atoms with Crippen molar-refractivity contribution in [3.63, 3.8) is 0 Å². The van der Waals surface area contributed by atoms with E-state index in [1.807, 2.05) is 6.92 Å². The number of ether oxygens (including phenoxy) is 1. The number of hydrogen-bond acceptors (Lipinski definition) is 4. The van der Waals surface area contributed by atoms with Gasteiger partial charge in [-0.3, -0.25) is 9.32 Å². The van der Waals surface area contributed by atoms with Crippen LogP contribution in [0.5, 0.6) is 5.75 Å². The molecule has 0 saturated heterocycles. The molecule has 0 radical (unpaired) electrons. The zero-order chi connectivity index (χ0) is 13.8. The zero-order valence-electron chi connectivity index (χ0n) is 10.2. The fourth-order valence-corrected chi connectivity index (χ4v) is 1.88.